The molecular formula is C15H19NO. The Morgan fingerprint density at radius 2 is 2.06 bits per heavy atom. The van der Waals surface area contributed by atoms with Gasteiger partial charge in [-0.15, -0.1) is 0 Å². The number of hydrogen-bond acceptors (Lipinski definition) is 1. The van der Waals surface area contributed by atoms with Crippen molar-refractivity contribution in [2.24, 2.45) is 11.3 Å². The molecule has 1 N–H and O–H groups in total. The minimum absolute atomic E-state index is 0.179. The molecule has 1 heterocycles. The molecule has 3 atom stereocenters. The first-order chi connectivity index (χ1) is 8.22. The van der Waals surface area contributed by atoms with Crippen molar-refractivity contribution in [2.75, 3.05) is 0 Å². The molecule has 1 aliphatic carbocycles. The quantitative estimate of drug-likeness (QED) is 0.788. The van der Waals surface area contributed by atoms with Gasteiger partial charge in [0.2, 0.25) is 5.91 Å². The highest BCUT2D eigenvalue weighted by atomic mass is 16.2. The second kappa shape index (κ2) is 3.86. The van der Waals surface area contributed by atoms with Crippen molar-refractivity contribution < 1.29 is 4.79 Å². The van der Waals surface area contributed by atoms with Crippen molar-refractivity contribution in [2.45, 2.75) is 38.6 Å². The number of amides is 1. The van der Waals surface area contributed by atoms with Crippen molar-refractivity contribution >= 4 is 5.91 Å². The summed E-state index contributed by atoms with van der Waals surface area (Å²) in [6.07, 6.45) is 4.43. The largest absolute Gasteiger partial charge is 0.349 e. The summed E-state index contributed by atoms with van der Waals surface area (Å²) in [5, 5.41) is 3.19. The Bertz CT molecular complexity index is 428. The molecule has 3 unspecified atom stereocenters. The molecule has 90 valence electrons. The van der Waals surface area contributed by atoms with Gasteiger partial charge in [-0.2, -0.15) is 0 Å². The second-order valence-electron chi connectivity index (χ2n) is 5.61. The summed E-state index contributed by atoms with van der Waals surface area (Å²) in [6.45, 7) is 2.31. The van der Waals surface area contributed by atoms with Gasteiger partial charge in [0.15, 0.2) is 0 Å². The van der Waals surface area contributed by atoms with Gasteiger partial charge in [-0.25, -0.2) is 0 Å². The first kappa shape index (κ1) is 10.8. The van der Waals surface area contributed by atoms with Crippen LogP contribution in [0.5, 0.6) is 0 Å². The molecule has 2 nitrogen and oxygen atoms in total. The van der Waals surface area contributed by atoms with Crippen LogP contribution in [-0.2, 0) is 4.79 Å². The number of rotatable bonds is 1. The van der Waals surface area contributed by atoms with Crippen LogP contribution in [0.4, 0.5) is 0 Å². The molecule has 1 aromatic carbocycles. The Morgan fingerprint density at radius 1 is 1.29 bits per heavy atom. The molecule has 17 heavy (non-hydrogen) atoms. The molecule has 1 spiro atoms. The van der Waals surface area contributed by atoms with E-state index in [9.17, 15) is 4.79 Å². The fourth-order valence-electron chi connectivity index (χ4n) is 3.78. The third-order valence-corrected chi connectivity index (χ3v) is 4.76. The molecule has 2 aliphatic rings. The standard InChI is InChI=1S/C15H19NO/c1-11-6-5-9-15(11)10-13(17)16-14(15)12-7-3-2-4-8-12/h2-4,7-8,11,14H,5-6,9-10H2,1H3,(H,16,17). The summed E-state index contributed by atoms with van der Waals surface area (Å²) in [6, 6.07) is 10.7. The molecule has 1 aromatic rings. The van der Waals surface area contributed by atoms with E-state index in [1.165, 1.54) is 24.8 Å². The average molecular weight is 229 g/mol. The van der Waals surface area contributed by atoms with E-state index in [4.69, 9.17) is 0 Å². The van der Waals surface area contributed by atoms with Crippen LogP contribution >= 0.6 is 0 Å². The predicted molar refractivity (Wildman–Crippen MR) is 67.4 cm³/mol. The fourth-order valence-corrected chi connectivity index (χ4v) is 3.78. The van der Waals surface area contributed by atoms with Gasteiger partial charge >= 0.3 is 0 Å². The van der Waals surface area contributed by atoms with Crippen molar-refractivity contribution in [1.29, 1.82) is 0 Å². The molecule has 1 saturated heterocycles. The summed E-state index contributed by atoms with van der Waals surface area (Å²) >= 11 is 0. The van der Waals surface area contributed by atoms with E-state index in [1.807, 2.05) is 6.07 Å². The molecule has 2 heteroatoms. The number of nitrogens with one attached hydrogen (secondary N) is 1. The number of hydrogen-bond donors (Lipinski definition) is 1. The Balaban J connectivity index is 2.00. The molecule has 0 aromatic heterocycles. The van der Waals surface area contributed by atoms with Crippen LogP contribution in [0.2, 0.25) is 0 Å². The lowest BCUT2D eigenvalue weighted by molar-refractivity contribution is -0.119. The molecule has 1 aliphatic heterocycles. The van der Waals surface area contributed by atoms with Gasteiger partial charge in [-0.05, 0) is 17.9 Å². The van der Waals surface area contributed by atoms with Crippen molar-refractivity contribution in [1.82, 2.24) is 5.32 Å². The normalized spacial score (nSPS) is 36.4. The van der Waals surface area contributed by atoms with Gasteiger partial charge in [-0.1, -0.05) is 50.1 Å². The molecule has 3 rings (SSSR count). The third kappa shape index (κ3) is 1.58. The highest BCUT2D eigenvalue weighted by Gasteiger charge is 2.52. The molecule has 1 amide bonds. The SMILES string of the molecule is CC1CCCC12CC(=O)NC2c1ccccc1. The highest BCUT2D eigenvalue weighted by Crippen LogP contribution is 2.56. The maximum atomic E-state index is 11.8. The highest BCUT2D eigenvalue weighted by molar-refractivity contribution is 5.80. The zero-order valence-electron chi connectivity index (χ0n) is 10.3. The van der Waals surface area contributed by atoms with Crippen LogP contribution in [0.1, 0.15) is 44.2 Å². The van der Waals surface area contributed by atoms with Gasteiger partial charge in [0.25, 0.3) is 0 Å². The van der Waals surface area contributed by atoms with E-state index in [0.29, 0.717) is 12.3 Å². The summed E-state index contributed by atoms with van der Waals surface area (Å²) in [7, 11) is 0. The first-order valence-corrected chi connectivity index (χ1v) is 6.57. The number of benzene rings is 1. The predicted octanol–water partition coefficient (Wildman–Crippen LogP) is 3.05. The molecule has 1 saturated carbocycles. The van der Waals surface area contributed by atoms with Gasteiger partial charge in [0, 0.05) is 11.8 Å². The van der Waals surface area contributed by atoms with E-state index >= 15 is 0 Å². The molecule has 0 radical (unpaired) electrons. The van der Waals surface area contributed by atoms with Crippen LogP contribution in [0.25, 0.3) is 0 Å². The summed E-state index contributed by atoms with van der Waals surface area (Å²) in [5.74, 6) is 0.874. The average Bonchev–Trinajstić information content (AvgIpc) is 2.86. The molecule has 0 bridgehead atoms. The van der Waals surface area contributed by atoms with E-state index < -0.39 is 0 Å². The second-order valence-corrected chi connectivity index (χ2v) is 5.61. The maximum Gasteiger partial charge on any atom is 0.221 e. The lowest BCUT2D eigenvalue weighted by Crippen LogP contribution is -2.31. The number of carbonyl (C=O) groups excluding carboxylic acids is 1. The maximum absolute atomic E-state index is 11.8. The van der Waals surface area contributed by atoms with Crippen molar-refractivity contribution in [3.8, 4) is 0 Å². The zero-order valence-corrected chi connectivity index (χ0v) is 10.3. The fraction of sp³-hybridized carbons (Fsp3) is 0.533. The van der Waals surface area contributed by atoms with Gasteiger partial charge < -0.3 is 5.32 Å². The van der Waals surface area contributed by atoms with E-state index in [2.05, 4.69) is 36.5 Å². The molecule has 2 fully saturated rings. The van der Waals surface area contributed by atoms with Gasteiger partial charge in [0.1, 0.15) is 0 Å². The van der Waals surface area contributed by atoms with Crippen LogP contribution in [-0.4, -0.2) is 5.91 Å². The lowest BCUT2D eigenvalue weighted by atomic mass is 9.70. The Morgan fingerprint density at radius 3 is 2.71 bits per heavy atom. The topological polar surface area (TPSA) is 29.1 Å². The first-order valence-electron chi connectivity index (χ1n) is 6.57. The smallest absolute Gasteiger partial charge is 0.221 e. The van der Waals surface area contributed by atoms with Crippen molar-refractivity contribution in [3.05, 3.63) is 35.9 Å². The summed E-state index contributed by atoms with van der Waals surface area (Å²) in [5.41, 5.74) is 1.45. The Hall–Kier alpha value is -1.31. The monoisotopic (exact) mass is 229 g/mol. The number of carbonyl (C=O) groups is 1. The summed E-state index contributed by atoms with van der Waals surface area (Å²) in [4.78, 5) is 11.8. The Labute approximate surface area is 102 Å². The third-order valence-electron chi connectivity index (χ3n) is 4.76. The summed E-state index contributed by atoms with van der Waals surface area (Å²) < 4.78 is 0. The van der Waals surface area contributed by atoms with E-state index in [1.54, 1.807) is 0 Å². The van der Waals surface area contributed by atoms with Gasteiger partial charge in [0.05, 0.1) is 6.04 Å². The molecular weight excluding hydrogens is 210 g/mol. The van der Waals surface area contributed by atoms with Crippen LogP contribution in [0.15, 0.2) is 30.3 Å². The van der Waals surface area contributed by atoms with E-state index in [0.717, 1.165) is 0 Å². The minimum atomic E-state index is 0.179. The van der Waals surface area contributed by atoms with Crippen LogP contribution < -0.4 is 5.32 Å². The van der Waals surface area contributed by atoms with Crippen LogP contribution in [0.3, 0.4) is 0 Å². The van der Waals surface area contributed by atoms with Crippen molar-refractivity contribution in [3.63, 3.8) is 0 Å². The van der Waals surface area contributed by atoms with E-state index in [-0.39, 0.29) is 17.4 Å². The van der Waals surface area contributed by atoms with Crippen LogP contribution in [0, 0.1) is 11.3 Å². The van der Waals surface area contributed by atoms with Gasteiger partial charge in [-0.3, -0.25) is 4.79 Å². The zero-order chi connectivity index (χ0) is 11.9. The lowest BCUT2D eigenvalue weighted by Gasteiger charge is -2.34. The Kier molecular flexibility index (Phi) is 2.46. The minimum Gasteiger partial charge on any atom is -0.349 e.